The Kier molecular flexibility index (Phi) is 3.96. The molecule has 1 N–H and O–H groups in total. The molecular formula is C19H16FN5O. The molecule has 6 nitrogen and oxygen atoms in total. The average Bonchev–Trinajstić information content (AvgIpc) is 3.28. The van der Waals surface area contributed by atoms with Crippen molar-refractivity contribution in [2.75, 3.05) is 0 Å². The number of aryl methyl sites for hydroxylation is 1. The van der Waals surface area contributed by atoms with E-state index in [1.165, 1.54) is 4.40 Å². The van der Waals surface area contributed by atoms with E-state index in [1.807, 2.05) is 42.0 Å². The molecule has 3 heterocycles. The van der Waals surface area contributed by atoms with Crippen molar-refractivity contribution in [2.45, 2.75) is 13.5 Å². The fourth-order valence-electron chi connectivity index (χ4n) is 2.83. The summed E-state index contributed by atoms with van der Waals surface area (Å²) in [6.45, 7) is 2.14. The first-order valence-corrected chi connectivity index (χ1v) is 8.12. The smallest absolute Gasteiger partial charge is 0.274 e. The lowest BCUT2D eigenvalue weighted by Crippen LogP contribution is -2.24. The number of amides is 1. The SMILES string of the molecule is Cc1ccn2c(F)c(C(=O)NCc3ccccc3-n3ccnc3)nc2c1. The van der Waals surface area contributed by atoms with Crippen molar-refractivity contribution >= 4 is 11.6 Å². The van der Waals surface area contributed by atoms with Crippen LogP contribution in [-0.4, -0.2) is 24.8 Å². The van der Waals surface area contributed by atoms with Crippen molar-refractivity contribution in [1.82, 2.24) is 24.3 Å². The van der Waals surface area contributed by atoms with Gasteiger partial charge in [0.2, 0.25) is 5.95 Å². The van der Waals surface area contributed by atoms with Crippen molar-refractivity contribution in [3.63, 3.8) is 0 Å². The fraction of sp³-hybridized carbons (Fsp3) is 0.105. The van der Waals surface area contributed by atoms with Crippen molar-refractivity contribution < 1.29 is 9.18 Å². The Labute approximate surface area is 148 Å². The Balaban J connectivity index is 1.58. The van der Waals surface area contributed by atoms with Crippen LogP contribution in [-0.2, 0) is 6.54 Å². The van der Waals surface area contributed by atoms with Crippen LogP contribution in [0.25, 0.3) is 11.3 Å². The largest absolute Gasteiger partial charge is 0.346 e. The summed E-state index contributed by atoms with van der Waals surface area (Å²) in [6.07, 6.45) is 6.76. The molecule has 0 fully saturated rings. The van der Waals surface area contributed by atoms with Crippen molar-refractivity contribution in [1.29, 1.82) is 0 Å². The number of nitrogens with zero attached hydrogens (tertiary/aromatic N) is 4. The first-order chi connectivity index (χ1) is 12.6. The standard InChI is InChI=1S/C19H16FN5O/c1-13-6-8-25-16(10-13)23-17(18(25)20)19(26)22-11-14-4-2-3-5-15(14)24-9-7-21-12-24/h2-10,12H,11H2,1H3,(H,22,26). The Morgan fingerprint density at radius 1 is 1.23 bits per heavy atom. The topological polar surface area (TPSA) is 64.2 Å². The molecule has 0 atom stereocenters. The maximum Gasteiger partial charge on any atom is 0.274 e. The fourth-order valence-corrected chi connectivity index (χ4v) is 2.83. The van der Waals surface area contributed by atoms with Gasteiger partial charge in [-0.25, -0.2) is 9.97 Å². The summed E-state index contributed by atoms with van der Waals surface area (Å²) in [5.74, 6) is -1.22. The molecule has 0 bridgehead atoms. The summed E-state index contributed by atoms with van der Waals surface area (Å²) in [5, 5.41) is 2.75. The predicted molar refractivity (Wildman–Crippen MR) is 94.6 cm³/mol. The van der Waals surface area contributed by atoms with E-state index in [0.29, 0.717) is 5.65 Å². The summed E-state index contributed by atoms with van der Waals surface area (Å²) in [6, 6.07) is 11.1. The summed E-state index contributed by atoms with van der Waals surface area (Å²) in [5.41, 5.74) is 2.93. The number of carbonyl (C=O) groups excluding carboxylic acids is 1. The molecule has 7 heteroatoms. The number of pyridine rings is 1. The zero-order valence-corrected chi connectivity index (χ0v) is 14.1. The first kappa shape index (κ1) is 16.0. The first-order valence-electron chi connectivity index (χ1n) is 8.12. The third kappa shape index (κ3) is 2.83. The molecule has 0 radical (unpaired) electrons. The van der Waals surface area contributed by atoms with Gasteiger partial charge in [0.05, 0.1) is 12.0 Å². The molecule has 0 aliphatic carbocycles. The summed E-state index contributed by atoms with van der Waals surface area (Å²) >= 11 is 0. The van der Waals surface area contributed by atoms with Crippen LogP contribution in [0, 0.1) is 12.9 Å². The second-order valence-corrected chi connectivity index (χ2v) is 5.96. The van der Waals surface area contributed by atoms with Crippen LogP contribution in [0.2, 0.25) is 0 Å². The van der Waals surface area contributed by atoms with Gasteiger partial charge < -0.3 is 9.88 Å². The zero-order chi connectivity index (χ0) is 18.1. The second kappa shape index (κ2) is 6.44. The number of imidazole rings is 2. The van der Waals surface area contributed by atoms with Gasteiger partial charge in [-0.15, -0.1) is 0 Å². The predicted octanol–water partition coefficient (Wildman–Crippen LogP) is 2.90. The van der Waals surface area contributed by atoms with Gasteiger partial charge in [-0.05, 0) is 36.2 Å². The molecule has 130 valence electrons. The molecular weight excluding hydrogens is 333 g/mol. The van der Waals surface area contributed by atoms with E-state index < -0.39 is 11.9 Å². The normalized spacial score (nSPS) is 11.0. The highest BCUT2D eigenvalue weighted by Gasteiger charge is 2.19. The van der Waals surface area contributed by atoms with E-state index in [4.69, 9.17) is 0 Å². The Morgan fingerprint density at radius 3 is 2.88 bits per heavy atom. The van der Waals surface area contributed by atoms with E-state index in [1.54, 1.807) is 30.9 Å². The summed E-state index contributed by atoms with van der Waals surface area (Å²) < 4.78 is 17.6. The number of halogens is 1. The molecule has 0 saturated heterocycles. The molecule has 1 aromatic carbocycles. The number of carbonyl (C=O) groups is 1. The van der Waals surface area contributed by atoms with Crippen LogP contribution >= 0.6 is 0 Å². The highest BCUT2D eigenvalue weighted by atomic mass is 19.1. The number of nitrogens with one attached hydrogen (secondary N) is 1. The molecule has 26 heavy (non-hydrogen) atoms. The maximum atomic E-state index is 14.5. The number of rotatable bonds is 4. The Morgan fingerprint density at radius 2 is 2.08 bits per heavy atom. The number of hydrogen-bond donors (Lipinski definition) is 1. The van der Waals surface area contributed by atoms with Gasteiger partial charge in [0, 0.05) is 25.1 Å². The number of benzene rings is 1. The number of para-hydroxylation sites is 1. The molecule has 0 spiro atoms. The third-order valence-corrected chi connectivity index (χ3v) is 4.15. The van der Waals surface area contributed by atoms with Gasteiger partial charge in [0.25, 0.3) is 5.91 Å². The summed E-state index contributed by atoms with van der Waals surface area (Å²) in [7, 11) is 0. The molecule has 1 amide bonds. The average molecular weight is 349 g/mol. The molecule has 4 rings (SSSR count). The van der Waals surface area contributed by atoms with Crippen LogP contribution in [0.15, 0.2) is 61.3 Å². The molecule has 0 aliphatic heterocycles. The number of fused-ring (bicyclic) bond motifs is 1. The Hall–Kier alpha value is -3.48. The molecule has 0 saturated carbocycles. The van der Waals surface area contributed by atoms with E-state index in [-0.39, 0.29) is 12.2 Å². The lowest BCUT2D eigenvalue weighted by atomic mass is 10.1. The van der Waals surface area contributed by atoms with Crippen LogP contribution < -0.4 is 5.32 Å². The van der Waals surface area contributed by atoms with Gasteiger partial charge in [0.1, 0.15) is 5.65 Å². The monoisotopic (exact) mass is 349 g/mol. The highest BCUT2D eigenvalue weighted by molar-refractivity contribution is 5.93. The van der Waals surface area contributed by atoms with E-state index >= 15 is 0 Å². The van der Waals surface area contributed by atoms with E-state index in [0.717, 1.165) is 16.8 Å². The van der Waals surface area contributed by atoms with Crippen molar-refractivity contribution in [3.05, 3.63) is 84.1 Å². The lowest BCUT2D eigenvalue weighted by molar-refractivity contribution is 0.0942. The van der Waals surface area contributed by atoms with Gasteiger partial charge in [-0.3, -0.25) is 9.20 Å². The van der Waals surface area contributed by atoms with Crippen LogP contribution in [0.5, 0.6) is 0 Å². The highest BCUT2D eigenvalue weighted by Crippen LogP contribution is 2.15. The minimum absolute atomic E-state index is 0.212. The minimum Gasteiger partial charge on any atom is -0.346 e. The van der Waals surface area contributed by atoms with Gasteiger partial charge in [-0.2, -0.15) is 4.39 Å². The molecule has 0 unspecified atom stereocenters. The molecule has 0 aliphatic rings. The van der Waals surface area contributed by atoms with Crippen LogP contribution in [0.1, 0.15) is 21.6 Å². The number of aromatic nitrogens is 4. The maximum absolute atomic E-state index is 14.5. The molecule has 3 aromatic heterocycles. The zero-order valence-electron chi connectivity index (χ0n) is 14.1. The van der Waals surface area contributed by atoms with Crippen LogP contribution in [0.3, 0.4) is 0 Å². The van der Waals surface area contributed by atoms with Gasteiger partial charge >= 0.3 is 0 Å². The quantitative estimate of drug-likeness (QED) is 0.616. The minimum atomic E-state index is -0.666. The molecule has 4 aromatic rings. The van der Waals surface area contributed by atoms with Gasteiger partial charge in [-0.1, -0.05) is 18.2 Å². The second-order valence-electron chi connectivity index (χ2n) is 5.96. The van der Waals surface area contributed by atoms with E-state index in [2.05, 4.69) is 15.3 Å². The number of hydrogen-bond acceptors (Lipinski definition) is 3. The van der Waals surface area contributed by atoms with E-state index in [9.17, 15) is 9.18 Å². The third-order valence-electron chi connectivity index (χ3n) is 4.15. The van der Waals surface area contributed by atoms with Crippen LogP contribution in [0.4, 0.5) is 4.39 Å². The lowest BCUT2D eigenvalue weighted by Gasteiger charge is -2.10. The summed E-state index contributed by atoms with van der Waals surface area (Å²) in [4.78, 5) is 20.6. The van der Waals surface area contributed by atoms with Gasteiger partial charge in [0.15, 0.2) is 5.69 Å². The van der Waals surface area contributed by atoms with Crippen molar-refractivity contribution in [2.24, 2.45) is 0 Å². The Bertz CT molecular complexity index is 1080. The van der Waals surface area contributed by atoms with Crippen molar-refractivity contribution in [3.8, 4) is 5.69 Å².